The molecule has 2 heterocycles. The predicted molar refractivity (Wildman–Crippen MR) is 74.4 cm³/mol. The molecule has 6 nitrogen and oxygen atoms in total. The Bertz CT molecular complexity index is 594. The number of nitrogens with two attached hydrogens (primary N) is 1. The van der Waals surface area contributed by atoms with E-state index in [4.69, 9.17) is 10.6 Å². The molecule has 2 rings (SSSR count). The van der Waals surface area contributed by atoms with Gasteiger partial charge in [-0.2, -0.15) is 5.10 Å². The van der Waals surface area contributed by atoms with Crippen molar-refractivity contribution in [3.8, 4) is 0 Å². The van der Waals surface area contributed by atoms with E-state index < -0.39 is 5.97 Å². The van der Waals surface area contributed by atoms with E-state index in [0.29, 0.717) is 9.08 Å². The van der Waals surface area contributed by atoms with Crippen molar-refractivity contribution in [3.05, 3.63) is 37.2 Å². The van der Waals surface area contributed by atoms with E-state index in [1.165, 1.54) is 11.3 Å². The van der Waals surface area contributed by atoms with Crippen LogP contribution in [0.5, 0.6) is 0 Å². The fourth-order valence-corrected chi connectivity index (χ4v) is 2.28. The SMILES string of the molecule is N/C(=N\OC(=O)c1n[nH]c(Br)c1Br)c1cccs1. The third-order valence-corrected chi connectivity index (χ3v) is 4.63. The highest BCUT2D eigenvalue weighted by Gasteiger charge is 2.18. The minimum absolute atomic E-state index is 0.0876. The average Bonchev–Trinajstić information content (AvgIpc) is 2.98. The molecule has 0 unspecified atom stereocenters. The van der Waals surface area contributed by atoms with Crippen LogP contribution in [0, 0.1) is 0 Å². The van der Waals surface area contributed by atoms with Gasteiger partial charge in [0.1, 0.15) is 4.60 Å². The van der Waals surface area contributed by atoms with E-state index in [2.05, 4.69) is 47.2 Å². The van der Waals surface area contributed by atoms with Gasteiger partial charge in [-0.3, -0.25) is 5.10 Å². The number of thiophene rings is 1. The topological polar surface area (TPSA) is 93.4 Å². The lowest BCUT2D eigenvalue weighted by Crippen LogP contribution is -2.14. The summed E-state index contributed by atoms with van der Waals surface area (Å²) in [6, 6.07) is 3.60. The van der Waals surface area contributed by atoms with Crippen molar-refractivity contribution < 1.29 is 9.63 Å². The van der Waals surface area contributed by atoms with Crippen molar-refractivity contribution in [1.29, 1.82) is 0 Å². The summed E-state index contributed by atoms with van der Waals surface area (Å²) in [4.78, 5) is 17.1. The van der Waals surface area contributed by atoms with E-state index in [1.807, 2.05) is 11.4 Å². The van der Waals surface area contributed by atoms with E-state index in [-0.39, 0.29) is 11.5 Å². The molecule has 0 aromatic carbocycles. The van der Waals surface area contributed by atoms with Crippen molar-refractivity contribution >= 4 is 55.0 Å². The molecule has 94 valence electrons. The minimum Gasteiger partial charge on any atom is -0.380 e. The highest BCUT2D eigenvalue weighted by Crippen LogP contribution is 2.24. The number of hydrogen-bond donors (Lipinski definition) is 2. The standard InChI is InChI=1S/C9H6Br2N4O2S/c10-5-6(13-14-7(5)11)9(16)17-15-8(12)4-2-1-3-18-4/h1-3H,(H2,12,15)(H,13,14). The lowest BCUT2D eigenvalue weighted by atomic mass is 10.4. The molecule has 0 saturated heterocycles. The second-order valence-corrected chi connectivity index (χ2v) is 5.57. The van der Waals surface area contributed by atoms with Gasteiger partial charge in [0.15, 0.2) is 11.5 Å². The van der Waals surface area contributed by atoms with Crippen molar-refractivity contribution in [1.82, 2.24) is 10.2 Å². The molecule has 0 aliphatic heterocycles. The smallest absolute Gasteiger partial charge is 0.380 e. The normalized spacial score (nSPS) is 11.6. The largest absolute Gasteiger partial charge is 0.387 e. The van der Waals surface area contributed by atoms with Crippen LogP contribution in [0.1, 0.15) is 15.4 Å². The summed E-state index contributed by atoms with van der Waals surface area (Å²) in [5.41, 5.74) is 5.73. The van der Waals surface area contributed by atoms with Gasteiger partial charge in [0.05, 0.1) is 9.35 Å². The zero-order valence-electron chi connectivity index (χ0n) is 8.68. The fraction of sp³-hybridized carbons (Fsp3) is 0. The number of H-pyrrole nitrogens is 1. The molecular weight excluding hydrogens is 388 g/mol. The van der Waals surface area contributed by atoms with Gasteiger partial charge in [0, 0.05) is 0 Å². The quantitative estimate of drug-likeness (QED) is 0.362. The highest BCUT2D eigenvalue weighted by atomic mass is 79.9. The lowest BCUT2D eigenvalue weighted by molar-refractivity contribution is 0.0508. The van der Waals surface area contributed by atoms with E-state index in [0.717, 1.165) is 4.88 Å². The van der Waals surface area contributed by atoms with Gasteiger partial charge in [-0.25, -0.2) is 4.79 Å². The molecule has 0 aliphatic rings. The number of carbonyl (C=O) groups excluding carboxylic acids is 1. The monoisotopic (exact) mass is 392 g/mol. The number of hydrogen-bond acceptors (Lipinski definition) is 5. The van der Waals surface area contributed by atoms with Gasteiger partial charge in [0.2, 0.25) is 0 Å². The van der Waals surface area contributed by atoms with Crippen LogP contribution in [-0.2, 0) is 4.84 Å². The minimum atomic E-state index is -0.705. The summed E-state index contributed by atoms with van der Waals surface area (Å²) in [5, 5.41) is 11.7. The van der Waals surface area contributed by atoms with Gasteiger partial charge < -0.3 is 10.6 Å². The molecule has 0 fully saturated rings. The molecule has 0 aliphatic carbocycles. The molecule has 0 bridgehead atoms. The zero-order valence-corrected chi connectivity index (χ0v) is 12.7. The predicted octanol–water partition coefficient (Wildman–Crippen LogP) is 2.47. The Hall–Kier alpha value is -1.19. The molecule has 2 aromatic heterocycles. The number of aromatic amines is 1. The molecule has 18 heavy (non-hydrogen) atoms. The first-order valence-electron chi connectivity index (χ1n) is 4.57. The number of halogens is 2. The van der Waals surface area contributed by atoms with Gasteiger partial charge in [0.25, 0.3) is 0 Å². The Morgan fingerprint density at radius 3 is 2.89 bits per heavy atom. The molecule has 0 atom stereocenters. The van der Waals surface area contributed by atoms with Gasteiger partial charge >= 0.3 is 5.97 Å². The highest BCUT2D eigenvalue weighted by molar-refractivity contribution is 9.13. The van der Waals surface area contributed by atoms with Crippen molar-refractivity contribution in [2.24, 2.45) is 10.9 Å². The van der Waals surface area contributed by atoms with Crippen LogP contribution in [-0.4, -0.2) is 22.0 Å². The fourth-order valence-electron chi connectivity index (χ4n) is 1.05. The first kappa shape index (κ1) is 13.2. The Morgan fingerprint density at radius 1 is 1.56 bits per heavy atom. The summed E-state index contributed by atoms with van der Waals surface area (Å²) in [6.45, 7) is 0. The Morgan fingerprint density at radius 2 is 2.33 bits per heavy atom. The van der Waals surface area contributed by atoms with Gasteiger partial charge in [-0.15, -0.1) is 11.3 Å². The molecule has 0 amide bonds. The number of nitrogens with one attached hydrogen (secondary N) is 1. The Balaban J connectivity index is 2.09. The maximum Gasteiger partial charge on any atom is 0.387 e. The maximum atomic E-state index is 11.6. The van der Waals surface area contributed by atoms with Crippen LogP contribution in [0.15, 0.2) is 31.7 Å². The van der Waals surface area contributed by atoms with Crippen molar-refractivity contribution in [2.75, 3.05) is 0 Å². The first-order chi connectivity index (χ1) is 8.59. The third-order valence-electron chi connectivity index (χ3n) is 1.86. The van der Waals surface area contributed by atoms with Crippen molar-refractivity contribution in [3.63, 3.8) is 0 Å². The van der Waals surface area contributed by atoms with E-state index in [1.54, 1.807) is 6.07 Å². The van der Waals surface area contributed by atoms with Gasteiger partial charge in [-0.05, 0) is 43.3 Å². The zero-order chi connectivity index (χ0) is 13.1. The van der Waals surface area contributed by atoms with E-state index in [9.17, 15) is 4.79 Å². The maximum absolute atomic E-state index is 11.6. The molecule has 2 aromatic rings. The third kappa shape index (κ3) is 2.79. The van der Waals surface area contributed by atoms with Crippen LogP contribution in [0.4, 0.5) is 0 Å². The lowest BCUT2D eigenvalue weighted by Gasteiger charge is -1.97. The average molecular weight is 394 g/mol. The van der Waals surface area contributed by atoms with Crippen LogP contribution in [0.25, 0.3) is 0 Å². The molecule has 3 N–H and O–H groups in total. The number of rotatable bonds is 3. The molecule has 0 saturated carbocycles. The Labute approximate surface area is 122 Å². The van der Waals surface area contributed by atoms with Crippen LogP contribution < -0.4 is 5.73 Å². The van der Waals surface area contributed by atoms with Crippen molar-refractivity contribution in [2.45, 2.75) is 0 Å². The van der Waals surface area contributed by atoms with Crippen LogP contribution in [0.2, 0.25) is 0 Å². The molecular formula is C9H6Br2N4O2S. The summed E-state index contributed by atoms with van der Waals surface area (Å²) in [7, 11) is 0. The second kappa shape index (κ2) is 5.63. The summed E-state index contributed by atoms with van der Waals surface area (Å²) in [5.74, 6) is -0.563. The molecule has 0 spiro atoms. The summed E-state index contributed by atoms with van der Waals surface area (Å²) in [6.07, 6.45) is 0. The number of oxime groups is 1. The van der Waals surface area contributed by atoms with E-state index >= 15 is 0 Å². The summed E-state index contributed by atoms with van der Waals surface area (Å²) >= 11 is 7.74. The van der Waals surface area contributed by atoms with Crippen LogP contribution >= 0.6 is 43.2 Å². The second-order valence-electron chi connectivity index (χ2n) is 3.03. The number of nitrogens with zero attached hydrogens (tertiary/aromatic N) is 2. The Kier molecular flexibility index (Phi) is 4.15. The number of amidine groups is 1. The summed E-state index contributed by atoms with van der Waals surface area (Å²) < 4.78 is 1.02. The number of aromatic nitrogens is 2. The molecule has 9 heteroatoms. The molecule has 0 radical (unpaired) electrons. The van der Waals surface area contributed by atoms with Crippen LogP contribution in [0.3, 0.4) is 0 Å². The first-order valence-corrected chi connectivity index (χ1v) is 7.04. The van der Waals surface area contributed by atoms with Gasteiger partial charge in [-0.1, -0.05) is 11.2 Å². The number of carbonyl (C=O) groups is 1.